The van der Waals surface area contributed by atoms with Gasteiger partial charge in [0.1, 0.15) is 6.10 Å². The van der Waals surface area contributed by atoms with Crippen LogP contribution in [0.15, 0.2) is 29.6 Å². The number of aliphatic hydroxyl groups is 1. The van der Waals surface area contributed by atoms with E-state index < -0.39 is 6.10 Å². The van der Waals surface area contributed by atoms with Crippen LogP contribution >= 0.6 is 11.3 Å². The zero-order valence-corrected chi connectivity index (χ0v) is 11.1. The number of hydrogen-bond acceptors (Lipinski definition) is 4. The Kier molecular flexibility index (Phi) is 3.16. The SMILES string of the molecule is Cc1nc(C(O)C2NCCc3ccccc32)cs1. The fraction of sp³-hybridized carbons (Fsp3) is 0.357. The number of hydrogen-bond donors (Lipinski definition) is 2. The number of aliphatic hydroxyl groups excluding tert-OH is 1. The predicted molar refractivity (Wildman–Crippen MR) is 72.7 cm³/mol. The lowest BCUT2D eigenvalue weighted by molar-refractivity contribution is 0.122. The average molecular weight is 260 g/mol. The third kappa shape index (κ3) is 2.07. The van der Waals surface area contributed by atoms with Crippen molar-refractivity contribution in [1.82, 2.24) is 10.3 Å². The van der Waals surface area contributed by atoms with Crippen LogP contribution in [0.1, 0.15) is 34.0 Å². The molecule has 0 saturated carbocycles. The molecule has 94 valence electrons. The van der Waals surface area contributed by atoms with E-state index in [0.29, 0.717) is 0 Å². The first kappa shape index (κ1) is 11.8. The van der Waals surface area contributed by atoms with Gasteiger partial charge in [0.05, 0.1) is 16.7 Å². The Bertz CT molecular complexity index is 552. The van der Waals surface area contributed by atoms with Crippen molar-refractivity contribution in [3.05, 3.63) is 51.5 Å². The van der Waals surface area contributed by atoms with Crippen molar-refractivity contribution in [3.63, 3.8) is 0 Å². The van der Waals surface area contributed by atoms with E-state index in [2.05, 4.69) is 28.5 Å². The number of aromatic nitrogens is 1. The third-order valence-electron chi connectivity index (χ3n) is 3.40. The second kappa shape index (κ2) is 4.80. The van der Waals surface area contributed by atoms with Crippen molar-refractivity contribution >= 4 is 11.3 Å². The van der Waals surface area contributed by atoms with Gasteiger partial charge in [0.15, 0.2) is 0 Å². The molecule has 0 radical (unpaired) electrons. The van der Waals surface area contributed by atoms with Crippen LogP contribution in [-0.2, 0) is 6.42 Å². The monoisotopic (exact) mass is 260 g/mol. The van der Waals surface area contributed by atoms with Gasteiger partial charge in [-0.05, 0) is 31.0 Å². The van der Waals surface area contributed by atoms with Crippen LogP contribution in [0.3, 0.4) is 0 Å². The zero-order chi connectivity index (χ0) is 12.5. The van der Waals surface area contributed by atoms with E-state index in [1.165, 1.54) is 11.1 Å². The molecule has 1 aliphatic heterocycles. The van der Waals surface area contributed by atoms with Crippen molar-refractivity contribution in [3.8, 4) is 0 Å². The molecule has 2 unspecified atom stereocenters. The van der Waals surface area contributed by atoms with Crippen molar-refractivity contribution < 1.29 is 5.11 Å². The van der Waals surface area contributed by atoms with Gasteiger partial charge in [-0.2, -0.15) is 0 Å². The number of nitrogens with zero attached hydrogens (tertiary/aromatic N) is 1. The Labute approximate surface area is 111 Å². The second-order valence-corrected chi connectivity index (χ2v) is 5.68. The van der Waals surface area contributed by atoms with E-state index in [9.17, 15) is 5.11 Å². The molecule has 2 heterocycles. The molecule has 1 aromatic heterocycles. The third-order valence-corrected chi connectivity index (χ3v) is 4.20. The fourth-order valence-corrected chi connectivity index (χ4v) is 3.15. The van der Waals surface area contributed by atoms with E-state index >= 15 is 0 Å². The highest BCUT2D eigenvalue weighted by molar-refractivity contribution is 7.09. The first-order valence-corrected chi connectivity index (χ1v) is 7.05. The van der Waals surface area contributed by atoms with Crippen molar-refractivity contribution in [2.75, 3.05) is 6.54 Å². The summed E-state index contributed by atoms with van der Waals surface area (Å²) < 4.78 is 0. The molecule has 0 amide bonds. The molecule has 0 aliphatic carbocycles. The van der Waals surface area contributed by atoms with E-state index in [-0.39, 0.29) is 6.04 Å². The zero-order valence-electron chi connectivity index (χ0n) is 10.3. The van der Waals surface area contributed by atoms with E-state index in [1.54, 1.807) is 11.3 Å². The van der Waals surface area contributed by atoms with Crippen molar-refractivity contribution in [1.29, 1.82) is 0 Å². The Morgan fingerprint density at radius 2 is 2.28 bits per heavy atom. The molecule has 1 aliphatic rings. The van der Waals surface area contributed by atoms with Gasteiger partial charge in [-0.1, -0.05) is 24.3 Å². The van der Waals surface area contributed by atoms with Crippen molar-refractivity contribution in [2.24, 2.45) is 0 Å². The molecular formula is C14H16N2OS. The Morgan fingerprint density at radius 1 is 1.44 bits per heavy atom. The summed E-state index contributed by atoms with van der Waals surface area (Å²) in [6.45, 7) is 2.87. The molecule has 0 fully saturated rings. The minimum atomic E-state index is -0.573. The Hall–Kier alpha value is -1.23. The number of thiazole rings is 1. The van der Waals surface area contributed by atoms with Crippen LogP contribution in [0.4, 0.5) is 0 Å². The summed E-state index contributed by atoms with van der Waals surface area (Å²) >= 11 is 1.58. The standard InChI is InChI=1S/C14H16N2OS/c1-9-16-12(8-18-9)14(17)13-11-5-3-2-4-10(11)6-7-15-13/h2-5,8,13-15,17H,6-7H2,1H3. The van der Waals surface area contributed by atoms with Crippen LogP contribution in [0.2, 0.25) is 0 Å². The lowest BCUT2D eigenvalue weighted by Crippen LogP contribution is -2.34. The molecule has 3 rings (SSSR count). The lowest BCUT2D eigenvalue weighted by atomic mass is 9.90. The maximum absolute atomic E-state index is 10.5. The van der Waals surface area contributed by atoms with Gasteiger partial charge in [-0.25, -0.2) is 4.98 Å². The van der Waals surface area contributed by atoms with Gasteiger partial charge in [0, 0.05) is 5.38 Å². The van der Waals surface area contributed by atoms with Crippen LogP contribution in [0.25, 0.3) is 0 Å². The molecule has 18 heavy (non-hydrogen) atoms. The molecule has 0 saturated heterocycles. The normalized spacial score (nSPS) is 20.4. The molecule has 2 atom stereocenters. The number of rotatable bonds is 2. The highest BCUT2D eigenvalue weighted by Gasteiger charge is 2.28. The van der Waals surface area contributed by atoms with Gasteiger partial charge >= 0.3 is 0 Å². The molecule has 3 nitrogen and oxygen atoms in total. The van der Waals surface area contributed by atoms with Gasteiger partial charge in [0.2, 0.25) is 0 Å². The lowest BCUT2D eigenvalue weighted by Gasteiger charge is -2.29. The van der Waals surface area contributed by atoms with Crippen LogP contribution in [0, 0.1) is 6.92 Å². The second-order valence-electron chi connectivity index (χ2n) is 4.62. The topological polar surface area (TPSA) is 45.2 Å². The highest BCUT2D eigenvalue weighted by Crippen LogP contribution is 2.33. The minimum absolute atomic E-state index is 0.0450. The number of fused-ring (bicyclic) bond motifs is 1. The van der Waals surface area contributed by atoms with Crippen LogP contribution < -0.4 is 5.32 Å². The Balaban J connectivity index is 1.94. The van der Waals surface area contributed by atoms with Gasteiger partial charge in [0.25, 0.3) is 0 Å². The summed E-state index contributed by atoms with van der Waals surface area (Å²) in [5.41, 5.74) is 3.29. The minimum Gasteiger partial charge on any atom is -0.385 e. The van der Waals surface area contributed by atoms with Gasteiger partial charge < -0.3 is 10.4 Å². The van der Waals surface area contributed by atoms with Crippen LogP contribution in [0.5, 0.6) is 0 Å². The van der Waals surface area contributed by atoms with Crippen molar-refractivity contribution in [2.45, 2.75) is 25.5 Å². The van der Waals surface area contributed by atoms with E-state index in [1.807, 2.05) is 18.4 Å². The summed E-state index contributed by atoms with van der Waals surface area (Å²) in [5, 5.41) is 16.8. The summed E-state index contributed by atoms with van der Waals surface area (Å²) in [5.74, 6) is 0. The predicted octanol–water partition coefficient (Wildman–Crippen LogP) is 2.37. The molecule has 0 bridgehead atoms. The Morgan fingerprint density at radius 3 is 3.06 bits per heavy atom. The number of benzene rings is 1. The summed E-state index contributed by atoms with van der Waals surface area (Å²) in [4.78, 5) is 4.39. The maximum Gasteiger partial charge on any atom is 0.116 e. The highest BCUT2D eigenvalue weighted by atomic mass is 32.1. The largest absolute Gasteiger partial charge is 0.385 e. The molecule has 2 aromatic rings. The van der Waals surface area contributed by atoms with Gasteiger partial charge in [-0.15, -0.1) is 11.3 Å². The molecule has 0 spiro atoms. The van der Waals surface area contributed by atoms with Gasteiger partial charge in [-0.3, -0.25) is 0 Å². The fourth-order valence-electron chi connectivity index (χ4n) is 2.51. The average Bonchev–Trinajstić information content (AvgIpc) is 2.84. The van der Waals surface area contributed by atoms with Crippen LogP contribution in [-0.4, -0.2) is 16.6 Å². The molecule has 2 N–H and O–H groups in total. The summed E-state index contributed by atoms with van der Waals surface area (Å²) in [7, 11) is 0. The summed E-state index contributed by atoms with van der Waals surface area (Å²) in [6, 6.07) is 8.27. The number of aryl methyl sites for hydroxylation is 1. The molecular weight excluding hydrogens is 244 g/mol. The quantitative estimate of drug-likeness (QED) is 0.871. The first-order valence-electron chi connectivity index (χ1n) is 6.17. The molecule has 1 aromatic carbocycles. The van der Waals surface area contributed by atoms with E-state index in [4.69, 9.17) is 0 Å². The maximum atomic E-state index is 10.5. The molecule has 4 heteroatoms. The first-order chi connectivity index (χ1) is 8.75. The van der Waals surface area contributed by atoms with E-state index in [0.717, 1.165) is 23.7 Å². The summed E-state index contributed by atoms with van der Waals surface area (Å²) in [6.07, 6.45) is 0.451. The smallest absolute Gasteiger partial charge is 0.116 e. The number of nitrogens with one attached hydrogen (secondary N) is 1.